The Bertz CT molecular complexity index is 1070. The van der Waals surface area contributed by atoms with Crippen LogP contribution in [0.5, 0.6) is 0 Å². The van der Waals surface area contributed by atoms with E-state index in [0.29, 0.717) is 12.1 Å². The highest BCUT2D eigenvalue weighted by molar-refractivity contribution is 8.01. The summed E-state index contributed by atoms with van der Waals surface area (Å²) in [4.78, 5) is 24.7. The average Bonchev–Trinajstić information content (AvgIpc) is 2.68. The summed E-state index contributed by atoms with van der Waals surface area (Å²) in [5.41, 5.74) is 0.0588. The molecule has 0 radical (unpaired) electrons. The summed E-state index contributed by atoms with van der Waals surface area (Å²) in [7, 11) is -3.83. The molecule has 1 aliphatic heterocycles. The van der Waals surface area contributed by atoms with Gasteiger partial charge >= 0.3 is 0 Å². The van der Waals surface area contributed by atoms with E-state index in [1.807, 2.05) is 6.92 Å². The fraction of sp³-hybridized carbons (Fsp3) is 0.263. The van der Waals surface area contributed by atoms with Gasteiger partial charge in [-0.3, -0.25) is 9.59 Å². The first-order valence-corrected chi connectivity index (χ1v) is 11.3. The van der Waals surface area contributed by atoms with Gasteiger partial charge in [-0.1, -0.05) is 6.92 Å². The van der Waals surface area contributed by atoms with E-state index in [-0.39, 0.29) is 21.7 Å². The predicted molar refractivity (Wildman–Crippen MR) is 107 cm³/mol. The van der Waals surface area contributed by atoms with Gasteiger partial charge in [-0.15, -0.1) is 11.8 Å². The first kappa shape index (κ1) is 21.3. The fourth-order valence-electron chi connectivity index (χ4n) is 2.74. The molecule has 0 fully saturated rings. The second kappa shape index (κ2) is 8.50. The number of rotatable bonds is 6. The molecule has 0 aliphatic carbocycles. The lowest BCUT2D eigenvalue weighted by Crippen LogP contribution is -2.28. The molecule has 0 bridgehead atoms. The molecule has 0 saturated carbocycles. The highest BCUT2D eigenvalue weighted by Gasteiger charge is 2.27. The minimum absolute atomic E-state index is 0.0307. The molecular weight excluding hydrogens is 422 g/mol. The number of fused-ring (bicyclic) bond motifs is 1. The standard InChI is InChI=1S/C19H18F2N2O4S2/c1-2-16-19(25)23-15-10-12(4-6-17(15)28-16)29(26,27)8-7-18(24)22-14-9-11(20)3-5-13(14)21/h3-6,9-10,16H,2,7-8H2,1H3,(H,22,24)(H,23,25)/t16-/m1/s1. The van der Waals surface area contributed by atoms with Crippen molar-refractivity contribution in [3.8, 4) is 0 Å². The second-order valence-electron chi connectivity index (χ2n) is 6.40. The summed E-state index contributed by atoms with van der Waals surface area (Å²) in [6.45, 7) is 1.89. The van der Waals surface area contributed by atoms with Crippen molar-refractivity contribution in [3.63, 3.8) is 0 Å². The maximum atomic E-state index is 13.6. The van der Waals surface area contributed by atoms with Crippen molar-refractivity contribution in [2.45, 2.75) is 34.8 Å². The number of hydrogen-bond donors (Lipinski definition) is 2. The fourth-order valence-corrected chi connectivity index (χ4v) is 5.03. The third kappa shape index (κ3) is 4.94. The normalized spacial score (nSPS) is 16.1. The average molecular weight is 440 g/mol. The van der Waals surface area contributed by atoms with E-state index in [9.17, 15) is 26.8 Å². The van der Waals surface area contributed by atoms with Gasteiger partial charge in [0, 0.05) is 17.4 Å². The van der Waals surface area contributed by atoms with Gasteiger partial charge < -0.3 is 10.6 Å². The molecule has 1 atom stereocenters. The predicted octanol–water partition coefficient (Wildman–Crippen LogP) is 3.59. The molecule has 0 aromatic heterocycles. The van der Waals surface area contributed by atoms with Crippen molar-refractivity contribution in [2.24, 2.45) is 0 Å². The van der Waals surface area contributed by atoms with E-state index < -0.39 is 39.6 Å². The van der Waals surface area contributed by atoms with Crippen LogP contribution in [0.1, 0.15) is 19.8 Å². The Kier molecular flexibility index (Phi) is 6.23. The highest BCUT2D eigenvalue weighted by Crippen LogP contribution is 2.38. The molecule has 0 spiro atoms. The number of halogens is 2. The Hall–Kier alpha value is -2.46. The molecule has 154 valence electrons. The zero-order chi connectivity index (χ0) is 21.2. The van der Waals surface area contributed by atoms with Crippen LogP contribution < -0.4 is 10.6 Å². The third-order valence-corrected chi connectivity index (χ3v) is 7.46. The van der Waals surface area contributed by atoms with E-state index in [1.165, 1.54) is 23.9 Å². The van der Waals surface area contributed by atoms with Crippen molar-refractivity contribution < 1.29 is 26.8 Å². The van der Waals surface area contributed by atoms with Crippen LogP contribution in [0.3, 0.4) is 0 Å². The molecule has 6 nitrogen and oxygen atoms in total. The SMILES string of the molecule is CC[C@H]1Sc2ccc(S(=O)(=O)CCC(=O)Nc3cc(F)ccc3F)cc2NC1=O. The zero-order valence-electron chi connectivity index (χ0n) is 15.4. The Morgan fingerprint density at radius 1 is 1.21 bits per heavy atom. The zero-order valence-corrected chi connectivity index (χ0v) is 17.0. The van der Waals surface area contributed by atoms with Crippen molar-refractivity contribution in [1.29, 1.82) is 0 Å². The van der Waals surface area contributed by atoms with Crippen LogP contribution >= 0.6 is 11.8 Å². The van der Waals surface area contributed by atoms with Crippen molar-refractivity contribution in [1.82, 2.24) is 0 Å². The number of carbonyl (C=O) groups is 2. The summed E-state index contributed by atoms with van der Waals surface area (Å²) in [6, 6.07) is 7.00. The highest BCUT2D eigenvalue weighted by atomic mass is 32.2. The van der Waals surface area contributed by atoms with Gasteiger partial charge in [-0.25, -0.2) is 17.2 Å². The smallest absolute Gasteiger partial charge is 0.237 e. The van der Waals surface area contributed by atoms with Crippen molar-refractivity contribution >= 4 is 44.8 Å². The largest absolute Gasteiger partial charge is 0.324 e. The summed E-state index contributed by atoms with van der Waals surface area (Å²) in [5, 5.41) is 4.64. The van der Waals surface area contributed by atoms with Crippen LogP contribution in [-0.4, -0.2) is 31.2 Å². The number of amides is 2. The van der Waals surface area contributed by atoms with Gasteiger partial charge in [0.25, 0.3) is 0 Å². The van der Waals surface area contributed by atoms with Crippen LogP contribution in [0.2, 0.25) is 0 Å². The van der Waals surface area contributed by atoms with E-state index in [4.69, 9.17) is 0 Å². The molecule has 10 heteroatoms. The van der Waals surface area contributed by atoms with Gasteiger partial charge in [-0.2, -0.15) is 0 Å². The molecule has 2 aromatic carbocycles. The maximum absolute atomic E-state index is 13.6. The van der Waals surface area contributed by atoms with Crippen molar-refractivity contribution in [3.05, 3.63) is 48.0 Å². The molecular formula is C19H18F2N2O4S2. The summed E-state index contributed by atoms with van der Waals surface area (Å²) >= 11 is 1.37. The van der Waals surface area contributed by atoms with Gasteiger partial charge in [0.05, 0.1) is 27.3 Å². The van der Waals surface area contributed by atoms with E-state index in [2.05, 4.69) is 10.6 Å². The molecule has 2 aromatic rings. The number of nitrogens with one attached hydrogen (secondary N) is 2. The van der Waals surface area contributed by atoms with Gasteiger partial charge in [0.15, 0.2) is 9.84 Å². The van der Waals surface area contributed by atoms with Crippen LogP contribution in [0.15, 0.2) is 46.2 Å². The quantitative estimate of drug-likeness (QED) is 0.716. The molecule has 0 unspecified atom stereocenters. The lowest BCUT2D eigenvalue weighted by atomic mass is 10.2. The molecule has 2 amide bonds. The number of benzene rings is 2. The van der Waals surface area contributed by atoms with Gasteiger partial charge in [0.1, 0.15) is 11.6 Å². The lowest BCUT2D eigenvalue weighted by Gasteiger charge is -2.23. The number of hydrogen-bond acceptors (Lipinski definition) is 5. The van der Waals surface area contributed by atoms with Crippen LogP contribution in [0.25, 0.3) is 0 Å². The number of thioether (sulfide) groups is 1. The summed E-state index contributed by atoms with van der Waals surface area (Å²) in [6.07, 6.45) is 0.214. The molecule has 1 heterocycles. The molecule has 3 rings (SSSR count). The Balaban J connectivity index is 1.68. The van der Waals surface area contributed by atoms with Gasteiger partial charge in [0.2, 0.25) is 11.8 Å². The van der Waals surface area contributed by atoms with E-state index >= 15 is 0 Å². The maximum Gasteiger partial charge on any atom is 0.237 e. The minimum Gasteiger partial charge on any atom is -0.324 e. The van der Waals surface area contributed by atoms with Crippen LogP contribution in [-0.2, 0) is 19.4 Å². The Labute approximate surface area is 171 Å². The Morgan fingerprint density at radius 3 is 2.69 bits per heavy atom. The van der Waals surface area contributed by atoms with Crippen LogP contribution in [0.4, 0.5) is 20.2 Å². The topological polar surface area (TPSA) is 92.3 Å². The molecule has 1 aliphatic rings. The number of anilines is 2. The van der Waals surface area contributed by atoms with Crippen LogP contribution in [0, 0.1) is 11.6 Å². The first-order chi connectivity index (χ1) is 13.7. The molecule has 29 heavy (non-hydrogen) atoms. The minimum atomic E-state index is -3.83. The first-order valence-electron chi connectivity index (χ1n) is 8.79. The van der Waals surface area contributed by atoms with Gasteiger partial charge in [-0.05, 0) is 36.8 Å². The summed E-state index contributed by atoms with van der Waals surface area (Å²) in [5.74, 6) is -3.01. The second-order valence-corrected chi connectivity index (χ2v) is 9.76. The monoisotopic (exact) mass is 440 g/mol. The molecule has 2 N–H and O–H groups in total. The number of carbonyl (C=O) groups excluding carboxylic acids is 2. The third-order valence-electron chi connectivity index (χ3n) is 4.30. The van der Waals surface area contributed by atoms with E-state index in [1.54, 1.807) is 6.07 Å². The van der Waals surface area contributed by atoms with Crippen molar-refractivity contribution in [2.75, 3.05) is 16.4 Å². The summed E-state index contributed by atoms with van der Waals surface area (Å²) < 4.78 is 51.9. The Morgan fingerprint density at radius 2 is 1.97 bits per heavy atom. The molecule has 0 saturated heterocycles. The number of sulfone groups is 1. The van der Waals surface area contributed by atoms with E-state index in [0.717, 1.165) is 23.1 Å². The lowest BCUT2D eigenvalue weighted by molar-refractivity contribution is -0.116.